The predicted octanol–water partition coefficient (Wildman–Crippen LogP) is 3.49. The zero-order valence-corrected chi connectivity index (χ0v) is 15.2. The summed E-state index contributed by atoms with van der Waals surface area (Å²) >= 11 is 0. The second-order valence-corrected chi connectivity index (χ2v) is 6.17. The van der Waals surface area contributed by atoms with Gasteiger partial charge in [-0.15, -0.1) is 0 Å². The summed E-state index contributed by atoms with van der Waals surface area (Å²) in [6.45, 7) is 3.74. The summed E-state index contributed by atoms with van der Waals surface area (Å²) in [7, 11) is 0. The first-order valence-electron chi connectivity index (χ1n) is 8.39. The van der Waals surface area contributed by atoms with Crippen molar-refractivity contribution in [2.75, 3.05) is 10.6 Å². The van der Waals surface area contributed by atoms with Crippen LogP contribution in [-0.2, 0) is 0 Å². The van der Waals surface area contributed by atoms with E-state index in [2.05, 4.69) is 20.6 Å². The van der Waals surface area contributed by atoms with Crippen molar-refractivity contribution in [3.05, 3.63) is 71.0 Å². The van der Waals surface area contributed by atoms with Gasteiger partial charge in [0.05, 0.1) is 0 Å². The minimum absolute atomic E-state index is 0.260. The van der Waals surface area contributed by atoms with E-state index in [0.29, 0.717) is 17.2 Å². The summed E-state index contributed by atoms with van der Waals surface area (Å²) in [5.74, 6) is -1.65. The zero-order chi connectivity index (χ0) is 20.3. The van der Waals surface area contributed by atoms with Gasteiger partial charge in [-0.3, -0.25) is 4.79 Å². The molecule has 0 fully saturated rings. The molecule has 0 radical (unpaired) electrons. The molecule has 8 nitrogen and oxygen atoms in total. The fourth-order valence-electron chi connectivity index (χ4n) is 2.64. The minimum Gasteiger partial charge on any atom is -0.507 e. The first-order chi connectivity index (χ1) is 13.3. The van der Waals surface area contributed by atoms with Gasteiger partial charge in [-0.05, 0) is 56.3 Å². The summed E-state index contributed by atoms with van der Waals surface area (Å²) in [6, 6.07) is 12.4. The number of carbonyl (C=O) groups is 2. The maximum Gasteiger partial charge on any atom is 0.339 e. The van der Waals surface area contributed by atoms with Crippen LogP contribution in [0.25, 0.3) is 0 Å². The molecular weight excluding hydrogens is 360 g/mol. The topological polar surface area (TPSA) is 124 Å². The van der Waals surface area contributed by atoms with Gasteiger partial charge in [0.25, 0.3) is 5.91 Å². The van der Waals surface area contributed by atoms with Crippen LogP contribution < -0.4 is 10.6 Å². The van der Waals surface area contributed by atoms with Crippen molar-refractivity contribution in [1.82, 2.24) is 9.97 Å². The van der Waals surface area contributed by atoms with E-state index in [1.54, 1.807) is 24.3 Å². The number of nitrogens with one attached hydrogen (secondary N) is 2. The molecule has 0 aliphatic rings. The number of aromatic carboxylic acids is 1. The molecule has 0 saturated heterocycles. The lowest BCUT2D eigenvalue weighted by molar-refractivity contribution is 0.0693. The smallest absolute Gasteiger partial charge is 0.339 e. The van der Waals surface area contributed by atoms with Gasteiger partial charge in [-0.1, -0.05) is 6.07 Å². The van der Waals surface area contributed by atoms with Gasteiger partial charge in [0.15, 0.2) is 0 Å². The molecule has 0 atom stereocenters. The largest absolute Gasteiger partial charge is 0.507 e. The lowest BCUT2D eigenvalue weighted by Gasteiger charge is -2.10. The van der Waals surface area contributed by atoms with Crippen LogP contribution in [0.5, 0.6) is 5.75 Å². The van der Waals surface area contributed by atoms with E-state index in [1.807, 2.05) is 19.9 Å². The molecule has 0 saturated carbocycles. The van der Waals surface area contributed by atoms with Gasteiger partial charge in [-0.2, -0.15) is 0 Å². The van der Waals surface area contributed by atoms with Crippen molar-refractivity contribution < 1.29 is 19.8 Å². The molecule has 8 heteroatoms. The molecule has 0 bridgehead atoms. The average Bonchev–Trinajstić information content (AvgIpc) is 2.62. The molecule has 0 aliphatic carbocycles. The third-order valence-electron chi connectivity index (χ3n) is 3.85. The first-order valence-corrected chi connectivity index (χ1v) is 8.39. The van der Waals surface area contributed by atoms with Gasteiger partial charge in [0.2, 0.25) is 5.95 Å². The quantitative estimate of drug-likeness (QED) is 0.501. The van der Waals surface area contributed by atoms with Crippen molar-refractivity contribution in [2.24, 2.45) is 0 Å². The summed E-state index contributed by atoms with van der Waals surface area (Å²) in [4.78, 5) is 32.2. The molecule has 1 aromatic heterocycles. The van der Waals surface area contributed by atoms with Crippen molar-refractivity contribution in [1.29, 1.82) is 0 Å². The van der Waals surface area contributed by atoms with Gasteiger partial charge in [-0.25, -0.2) is 14.8 Å². The van der Waals surface area contributed by atoms with Crippen molar-refractivity contribution in [3.63, 3.8) is 0 Å². The van der Waals surface area contributed by atoms with Crippen LogP contribution >= 0.6 is 0 Å². The Hall–Kier alpha value is -3.94. The van der Waals surface area contributed by atoms with E-state index in [-0.39, 0.29) is 17.0 Å². The lowest BCUT2D eigenvalue weighted by Crippen LogP contribution is -2.13. The van der Waals surface area contributed by atoms with E-state index >= 15 is 0 Å². The normalized spacial score (nSPS) is 10.4. The fraction of sp³-hybridized carbons (Fsp3) is 0.100. The molecular formula is C20H18N4O4. The molecule has 1 heterocycles. The molecule has 142 valence electrons. The van der Waals surface area contributed by atoms with Crippen LogP contribution in [0.4, 0.5) is 17.3 Å². The molecule has 1 amide bonds. The van der Waals surface area contributed by atoms with E-state index in [4.69, 9.17) is 5.11 Å². The summed E-state index contributed by atoms with van der Waals surface area (Å²) < 4.78 is 0. The number of phenols is 1. The molecule has 0 aliphatic heterocycles. The maximum absolute atomic E-state index is 12.5. The highest BCUT2D eigenvalue weighted by Gasteiger charge is 2.13. The number of aryl methyl sites for hydroxylation is 2. The van der Waals surface area contributed by atoms with E-state index in [1.165, 1.54) is 18.2 Å². The zero-order valence-electron chi connectivity index (χ0n) is 15.2. The number of anilines is 3. The highest BCUT2D eigenvalue weighted by Crippen LogP contribution is 2.22. The average molecular weight is 378 g/mol. The van der Waals surface area contributed by atoms with Gasteiger partial charge >= 0.3 is 5.97 Å². The maximum atomic E-state index is 12.5. The standard InChI is InChI=1S/C20H18N4O4/c1-11-8-12(2)22-20(21-11)24-14-5-3-4-13(9-14)18(26)23-15-6-7-17(25)16(10-15)19(27)28/h3-10,25H,1-2H3,(H,23,26)(H,27,28)(H,21,22,24). The van der Waals surface area contributed by atoms with Crippen molar-refractivity contribution >= 4 is 29.2 Å². The van der Waals surface area contributed by atoms with Crippen LogP contribution in [0.1, 0.15) is 32.1 Å². The number of carboxylic acid groups (broad SMARTS) is 1. The number of aromatic hydroxyl groups is 1. The third kappa shape index (κ3) is 4.42. The monoisotopic (exact) mass is 378 g/mol. The summed E-state index contributed by atoms with van der Waals surface area (Å²) in [5, 5.41) is 24.3. The molecule has 4 N–H and O–H groups in total. The molecule has 2 aromatic carbocycles. The number of hydrogen-bond donors (Lipinski definition) is 4. The SMILES string of the molecule is Cc1cc(C)nc(Nc2cccc(C(=O)Nc3ccc(O)c(C(=O)O)c3)c2)n1. The van der Waals surface area contributed by atoms with E-state index in [0.717, 1.165) is 11.4 Å². The van der Waals surface area contributed by atoms with Gasteiger partial charge < -0.3 is 20.8 Å². The molecule has 3 rings (SSSR count). The molecule has 0 spiro atoms. The minimum atomic E-state index is -1.28. The van der Waals surface area contributed by atoms with Crippen LogP contribution in [0.2, 0.25) is 0 Å². The Morgan fingerprint density at radius 2 is 1.64 bits per heavy atom. The Bertz CT molecular complexity index is 1050. The van der Waals surface area contributed by atoms with Crippen LogP contribution in [0.15, 0.2) is 48.5 Å². The van der Waals surface area contributed by atoms with Crippen LogP contribution in [0, 0.1) is 13.8 Å². The lowest BCUT2D eigenvalue weighted by atomic mass is 10.1. The molecule has 28 heavy (non-hydrogen) atoms. The highest BCUT2D eigenvalue weighted by molar-refractivity contribution is 6.05. The summed E-state index contributed by atoms with van der Waals surface area (Å²) in [5.41, 5.74) is 2.61. The Kier molecular flexibility index (Phi) is 5.21. The number of hydrogen-bond acceptors (Lipinski definition) is 6. The third-order valence-corrected chi connectivity index (χ3v) is 3.85. The predicted molar refractivity (Wildman–Crippen MR) is 104 cm³/mol. The van der Waals surface area contributed by atoms with Crippen LogP contribution in [-0.4, -0.2) is 32.1 Å². The van der Waals surface area contributed by atoms with Crippen molar-refractivity contribution in [3.8, 4) is 5.75 Å². The number of amides is 1. The first kappa shape index (κ1) is 18.8. The van der Waals surface area contributed by atoms with Crippen molar-refractivity contribution in [2.45, 2.75) is 13.8 Å². The fourth-order valence-corrected chi connectivity index (χ4v) is 2.64. The van der Waals surface area contributed by atoms with Crippen LogP contribution in [0.3, 0.4) is 0 Å². The number of nitrogens with zero attached hydrogens (tertiary/aromatic N) is 2. The number of carbonyl (C=O) groups excluding carboxylic acids is 1. The Labute approximate surface area is 160 Å². The van der Waals surface area contributed by atoms with Gasteiger partial charge in [0.1, 0.15) is 11.3 Å². The molecule has 3 aromatic rings. The van der Waals surface area contributed by atoms with E-state index < -0.39 is 11.9 Å². The second-order valence-electron chi connectivity index (χ2n) is 6.17. The summed E-state index contributed by atoms with van der Waals surface area (Å²) in [6.07, 6.45) is 0. The number of benzene rings is 2. The van der Waals surface area contributed by atoms with E-state index in [9.17, 15) is 14.7 Å². The Balaban J connectivity index is 1.79. The Morgan fingerprint density at radius 1 is 0.929 bits per heavy atom. The Morgan fingerprint density at radius 3 is 2.32 bits per heavy atom. The van der Waals surface area contributed by atoms with Gasteiger partial charge in [0, 0.05) is 28.3 Å². The molecule has 0 unspecified atom stereocenters. The number of rotatable bonds is 5. The number of carboxylic acids is 1. The second kappa shape index (κ2) is 7.75. The number of aromatic nitrogens is 2. The highest BCUT2D eigenvalue weighted by atomic mass is 16.4.